The number of rotatable bonds is 9. The lowest BCUT2D eigenvalue weighted by atomic mass is 9.88. The Balaban J connectivity index is 1.54. The highest BCUT2D eigenvalue weighted by Gasteiger charge is 2.47. The van der Waals surface area contributed by atoms with Crippen LogP contribution < -0.4 is 10.1 Å². The molecule has 14 heteroatoms. The highest BCUT2D eigenvalue weighted by Crippen LogP contribution is 2.47. The van der Waals surface area contributed by atoms with Crippen LogP contribution in [0.3, 0.4) is 0 Å². The van der Waals surface area contributed by atoms with Gasteiger partial charge in [-0.25, -0.2) is 27.2 Å². The predicted molar refractivity (Wildman–Crippen MR) is 145 cm³/mol. The summed E-state index contributed by atoms with van der Waals surface area (Å²) < 4.78 is 91.5. The summed E-state index contributed by atoms with van der Waals surface area (Å²) in [5.74, 6) is -4.70. The number of amides is 1. The molecule has 0 unspecified atom stereocenters. The predicted octanol–water partition coefficient (Wildman–Crippen LogP) is 6.80. The van der Waals surface area contributed by atoms with Gasteiger partial charge in [-0.2, -0.15) is 13.9 Å². The number of nitrogens with one attached hydrogen (secondary N) is 1. The van der Waals surface area contributed by atoms with Crippen molar-refractivity contribution in [1.29, 1.82) is 0 Å². The van der Waals surface area contributed by atoms with Gasteiger partial charge in [-0.15, -0.1) is 0 Å². The zero-order valence-electron chi connectivity index (χ0n) is 23.0. The molecule has 1 fully saturated rings. The van der Waals surface area contributed by atoms with Crippen molar-refractivity contribution in [3.8, 4) is 17.0 Å². The molecule has 0 radical (unpaired) electrons. The number of pyridine rings is 1. The molecule has 1 saturated carbocycles. The summed E-state index contributed by atoms with van der Waals surface area (Å²) in [5, 5.41) is 17.9. The smallest absolute Gasteiger partial charge is 0.333 e. The minimum Gasteiger partial charge on any atom is -0.494 e. The molecule has 1 aliphatic carbocycles. The lowest BCUT2D eigenvalue weighted by Gasteiger charge is -2.30. The average molecular weight is 627 g/mol. The van der Waals surface area contributed by atoms with Gasteiger partial charge in [0, 0.05) is 34.3 Å². The summed E-state index contributed by atoms with van der Waals surface area (Å²) in [6, 6.07) is 4.87. The van der Waals surface area contributed by atoms with E-state index in [4.69, 9.17) is 16.3 Å². The molecule has 2 heterocycles. The molecule has 7 nitrogen and oxygen atoms in total. The maximum atomic E-state index is 15.6. The van der Waals surface area contributed by atoms with Gasteiger partial charge in [0.15, 0.2) is 5.82 Å². The van der Waals surface area contributed by atoms with E-state index in [0.29, 0.717) is 23.6 Å². The largest absolute Gasteiger partial charge is 0.494 e. The Morgan fingerprint density at radius 3 is 2.47 bits per heavy atom. The number of aliphatic hydroxyl groups is 1. The van der Waals surface area contributed by atoms with E-state index in [9.17, 15) is 27.5 Å². The van der Waals surface area contributed by atoms with E-state index in [0.717, 1.165) is 32.2 Å². The van der Waals surface area contributed by atoms with Crippen molar-refractivity contribution in [1.82, 2.24) is 20.1 Å². The first-order valence-corrected chi connectivity index (χ1v) is 13.4. The van der Waals surface area contributed by atoms with Gasteiger partial charge in [0.25, 0.3) is 5.91 Å². The molecule has 0 saturated heterocycles. The first kappa shape index (κ1) is 30.6. The Labute approximate surface area is 246 Å². The van der Waals surface area contributed by atoms with Gasteiger partial charge in [-0.05, 0) is 56.9 Å². The summed E-state index contributed by atoms with van der Waals surface area (Å²) in [5.41, 5.74) is -6.24. The maximum Gasteiger partial charge on any atom is 0.333 e. The van der Waals surface area contributed by atoms with Crippen molar-refractivity contribution in [3.05, 3.63) is 75.8 Å². The van der Waals surface area contributed by atoms with Crippen LogP contribution in [0.25, 0.3) is 22.2 Å². The lowest BCUT2D eigenvalue weighted by molar-refractivity contribution is 0.00917. The van der Waals surface area contributed by atoms with Gasteiger partial charge in [0.2, 0.25) is 0 Å². The standard InChI is InChI=1S/C29H25ClF6N4O3/c1-28(2,36)17-9-22(38-25(23(17)33)16-8-18(30)20(32)10-19(16)31)29(42,15-4-5-15)12-37-26(41)13-6-14-11-40(27(34)35)39-24(14)21(7-13)43-3/h6-11,15,27,42H,4-5,12H2,1-3H3,(H,37,41)/t29-/m1/s1. The Kier molecular flexibility index (Phi) is 7.84. The molecule has 0 bridgehead atoms. The van der Waals surface area contributed by atoms with Crippen molar-refractivity contribution in [2.75, 3.05) is 13.7 Å². The summed E-state index contributed by atoms with van der Waals surface area (Å²) >= 11 is 5.81. The number of methoxy groups -OCH3 is 1. The van der Waals surface area contributed by atoms with Crippen molar-refractivity contribution in [3.63, 3.8) is 0 Å². The number of hydrogen-bond acceptors (Lipinski definition) is 5. The first-order valence-electron chi connectivity index (χ1n) is 13.0. The normalized spacial score (nSPS) is 15.2. The van der Waals surface area contributed by atoms with E-state index in [-0.39, 0.29) is 27.9 Å². The number of ether oxygens (including phenoxy) is 1. The van der Waals surface area contributed by atoms with Crippen molar-refractivity contribution < 1.29 is 41.0 Å². The van der Waals surface area contributed by atoms with Crippen LogP contribution in [0, 0.1) is 23.4 Å². The molecule has 5 rings (SSSR count). The van der Waals surface area contributed by atoms with E-state index >= 15 is 8.78 Å². The Morgan fingerprint density at radius 1 is 1.16 bits per heavy atom. The van der Waals surface area contributed by atoms with Crippen LogP contribution in [-0.2, 0) is 11.3 Å². The van der Waals surface area contributed by atoms with E-state index in [1.54, 1.807) is 0 Å². The second kappa shape index (κ2) is 11.0. The molecule has 2 aromatic heterocycles. The van der Waals surface area contributed by atoms with Crippen molar-refractivity contribution in [2.45, 2.75) is 44.5 Å². The SMILES string of the molecule is COc1cc(C(=O)NC[C@](O)(c2cc(C(C)(C)F)c(F)c(-c3cc(Cl)c(F)cc3F)n2)C2CC2)cc2cn(C(F)F)nc12. The molecule has 43 heavy (non-hydrogen) atoms. The highest BCUT2D eigenvalue weighted by atomic mass is 35.5. The number of nitrogens with zero attached hydrogens (tertiary/aromatic N) is 3. The van der Waals surface area contributed by atoms with Gasteiger partial charge in [0.05, 0.1) is 24.4 Å². The van der Waals surface area contributed by atoms with Gasteiger partial charge < -0.3 is 15.2 Å². The lowest BCUT2D eigenvalue weighted by Crippen LogP contribution is -2.43. The molecule has 4 aromatic rings. The number of alkyl halides is 3. The van der Waals surface area contributed by atoms with Crippen molar-refractivity contribution >= 4 is 28.4 Å². The third-order valence-corrected chi connectivity index (χ3v) is 7.64. The van der Waals surface area contributed by atoms with Crippen LogP contribution in [0.5, 0.6) is 5.75 Å². The van der Waals surface area contributed by atoms with Crippen LogP contribution >= 0.6 is 11.6 Å². The second-order valence-corrected chi connectivity index (χ2v) is 11.2. The van der Waals surface area contributed by atoms with Gasteiger partial charge >= 0.3 is 6.55 Å². The van der Waals surface area contributed by atoms with Gasteiger partial charge in [-0.1, -0.05) is 11.6 Å². The molecule has 228 valence electrons. The summed E-state index contributed by atoms with van der Waals surface area (Å²) in [7, 11) is 1.28. The third-order valence-electron chi connectivity index (χ3n) is 7.35. The molecule has 0 spiro atoms. The summed E-state index contributed by atoms with van der Waals surface area (Å²) in [4.78, 5) is 17.4. The molecule has 2 aromatic carbocycles. The second-order valence-electron chi connectivity index (χ2n) is 10.8. The van der Waals surface area contributed by atoms with Crippen LogP contribution in [-0.4, -0.2) is 39.4 Å². The van der Waals surface area contributed by atoms with E-state index in [2.05, 4.69) is 15.4 Å². The molecule has 0 aliphatic heterocycles. The zero-order chi connectivity index (χ0) is 31.4. The Morgan fingerprint density at radius 2 is 1.86 bits per heavy atom. The zero-order valence-corrected chi connectivity index (χ0v) is 23.7. The topological polar surface area (TPSA) is 89.3 Å². The summed E-state index contributed by atoms with van der Waals surface area (Å²) in [6.07, 6.45) is 2.02. The van der Waals surface area contributed by atoms with Crippen LogP contribution in [0.15, 0.2) is 36.5 Å². The maximum absolute atomic E-state index is 15.6. The van der Waals surface area contributed by atoms with Crippen LogP contribution in [0.1, 0.15) is 54.9 Å². The number of halogens is 7. The fourth-order valence-electron chi connectivity index (χ4n) is 4.90. The van der Waals surface area contributed by atoms with E-state index in [1.165, 1.54) is 19.2 Å². The fourth-order valence-corrected chi connectivity index (χ4v) is 5.06. The number of benzene rings is 2. The van der Waals surface area contributed by atoms with Gasteiger partial charge in [0.1, 0.15) is 39.9 Å². The number of hydrogen-bond donors (Lipinski definition) is 2. The average Bonchev–Trinajstić information content (AvgIpc) is 3.71. The molecule has 1 aliphatic rings. The Hall–Kier alpha value is -3.84. The molecule has 1 amide bonds. The van der Waals surface area contributed by atoms with Gasteiger partial charge in [-0.3, -0.25) is 4.79 Å². The third kappa shape index (κ3) is 5.75. The Bertz CT molecular complexity index is 1740. The number of carbonyl (C=O) groups excluding carboxylic acids is 1. The number of carbonyl (C=O) groups is 1. The van der Waals surface area contributed by atoms with Crippen LogP contribution in [0.4, 0.5) is 26.3 Å². The molecular formula is C29H25ClF6N4O3. The monoisotopic (exact) mass is 626 g/mol. The minimum absolute atomic E-state index is 0.00215. The minimum atomic E-state index is -2.92. The van der Waals surface area contributed by atoms with Crippen molar-refractivity contribution in [2.24, 2.45) is 5.92 Å². The molecular weight excluding hydrogens is 602 g/mol. The first-order chi connectivity index (χ1) is 20.1. The number of fused-ring (bicyclic) bond motifs is 1. The summed E-state index contributed by atoms with van der Waals surface area (Å²) in [6.45, 7) is -1.28. The number of aromatic nitrogens is 3. The quantitative estimate of drug-likeness (QED) is 0.158. The van der Waals surface area contributed by atoms with Crippen LogP contribution in [0.2, 0.25) is 5.02 Å². The highest BCUT2D eigenvalue weighted by molar-refractivity contribution is 6.31. The fraction of sp³-hybridized carbons (Fsp3) is 0.345. The van der Waals surface area contributed by atoms with E-state index in [1.807, 2.05) is 0 Å². The molecule has 2 N–H and O–H groups in total. The van der Waals surface area contributed by atoms with E-state index < -0.39 is 75.5 Å². The molecule has 1 atom stereocenters.